The normalized spacial score (nSPS) is 11.6. The number of benzene rings is 3. The highest BCUT2D eigenvalue weighted by molar-refractivity contribution is 7.90. The van der Waals surface area contributed by atoms with Crippen molar-refractivity contribution >= 4 is 42.4 Å². The Hall–Kier alpha value is -3.03. The van der Waals surface area contributed by atoms with E-state index in [9.17, 15) is 13.2 Å². The minimum atomic E-state index is -3.27. The first-order valence-corrected chi connectivity index (χ1v) is 13.1. The molecule has 5 nitrogen and oxygen atoms in total. The molecule has 0 aliphatic rings. The number of hydrogen-bond acceptors (Lipinski definition) is 5. The third-order valence-corrected chi connectivity index (χ3v) is 7.47. The smallest absolute Gasteiger partial charge is 0.233 e. The Labute approximate surface area is 192 Å². The van der Waals surface area contributed by atoms with Crippen molar-refractivity contribution in [2.75, 3.05) is 11.2 Å². The number of fused-ring (bicyclic) bond motifs is 1. The van der Waals surface area contributed by atoms with Crippen LogP contribution in [0.5, 0.6) is 0 Å². The first-order chi connectivity index (χ1) is 15.3. The summed E-state index contributed by atoms with van der Waals surface area (Å²) in [6.07, 6.45) is 2.21. The number of para-hydroxylation sites is 1. The van der Waals surface area contributed by atoms with Gasteiger partial charge in [-0.15, -0.1) is 0 Å². The van der Waals surface area contributed by atoms with E-state index in [4.69, 9.17) is 4.98 Å². The summed E-state index contributed by atoms with van der Waals surface area (Å²) in [7, 11) is -3.27. The van der Waals surface area contributed by atoms with E-state index >= 15 is 0 Å². The van der Waals surface area contributed by atoms with E-state index in [-0.39, 0.29) is 17.2 Å². The van der Waals surface area contributed by atoms with Crippen LogP contribution < -0.4 is 4.90 Å². The maximum atomic E-state index is 13.4. The second kappa shape index (κ2) is 9.22. The Balaban J connectivity index is 1.67. The molecule has 0 spiro atoms. The largest absolute Gasteiger partial charge is 0.283 e. The number of sulfone groups is 1. The predicted molar refractivity (Wildman–Crippen MR) is 130 cm³/mol. The average molecular weight is 465 g/mol. The van der Waals surface area contributed by atoms with Gasteiger partial charge >= 0.3 is 0 Å². The maximum Gasteiger partial charge on any atom is 0.233 e. The van der Waals surface area contributed by atoms with E-state index in [1.807, 2.05) is 42.5 Å². The maximum absolute atomic E-state index is 13.4. The Morgan fingerprint density at radius 2 is 1.66 bits per heavy atom. The number of nitrogens with zero attached hydrogens (tertiary/aromatic N) is 2. The van der Waals surface area contributed by atoms with Gasteiger partial charge in [0.25, 0.3) is 0 Å². The molecule has 0 saturated heterocycles. The molecule has 0 saturated carbocycles. The molecule has 0 aliphatic heterocycles. The molecule has 164 valence electrons. The summed E-state index contributed by atoms with van der Waals surface area (Å²) in [5.41, 5.74) is 3.88. The first-order valence-electron chi connectivity index (χ1n) is 10.4. The Morgan fingerprint density at radius 3 is 2.31 bits per heavy atom. The van der Waals surface area contributed by atoms with Gasteiger partial charge in [-0.1, -0.05) is 72.9 Å². The van der Waals surface area contributed by atoms with E-state index in [1.54, 1.807) is 29.2 Å². The minimum Gasteiger partial charge on any atom is -0.283 e. The minimum absolute atomic E-state index is 0.0851. The zero-order valence-corrected chi connectivity index (χ0v) is 19.6. The molecular weight excluding hydrogens is 440 g/mol. The number of carbonyl (C=O) groups excluding carboxylic acids is 1. The predicted octanol–water partition coefficient (Wildman–Crippen LogP) is 5.04. The van der Waals surface area contributed by atoms with Crippen molar-refractivity contribution < 1.29 is 13.2 Å². The summed E-state index contributed by atoms with van der Waals surface area (Å²) in [5.74, 6) is -0.0851. The van der Waals surface area contributed by atoms with Crippen molar-refractivity contribution in [3.05, 3.63) is 89.5 Å². The molecule has 4 aromatic rings. The zero-order valence-electron chi connectivity index (χ0n) is 18.0. The molecule has 4 rings (SSSR count). The van der Waals surface area contributed by atoms with E-state index in [2.05, 4.69) is 13.0 Å². The molecule has 0 N–H and O–H groups in total. The molecule has 7 heteroatoms. The van der Waals surface area contributed by atoms with Crippen molar-refractivity contribution in [3.63, 3.8) is 0 Å². The van der Waals surface area contributed by atoms with Crippen LogP contribution in [0.25, 0.3) is 10.2 Å². The molecular formula is C25H24N2O3S2. The fraction of sp³-hybridized carbons (Fsp3) is 0.200. The molecule has 1 amide bonds. The summed E-state index contributed by atoms with van der Waals surface area (Å²) in [6.45, 7) is 2.52. The molecule has 3 aromatic carbocycles. The van der Waals surface area contributed by atoms with Crippen LogP contribution in [0.1, 0.15) is 23.6 Å². The third kappa shape index (κ3) is 4.89. The Kier molecular flexibility index (Phi) is 6.39. The average Bonchev–Trinajstić information content (AvgIpc) is 3.22. The van der Waals surface area contributed by atoms with Crippen LogP contribution in [0.2, 0.25) is 0 Å². The first kappa shape index (κ1) is 22.2. The number of anilines is 1. The monoisotopic (exact) mass is 464 g/mol. The molecule has 0 bridgehead atoms. The van der Waals surface area contributed by atoms with Gasteiger partial charge in [0.05, 0.1) is 28.1 Å². The summed E-state index contributed by atoms with van der Waals surface area (Å²) in [6, 6.07) is 22.5. The van der Waals surface area contributed by atoms with Crippen LogP contribution in [0, 0.1) is 0 Å². The van der Waals surface area contributed by atoms with Crippen LogP contribution >= 0.6 is 11.3 Å². The molecule has 0 atom stereocenters. The van der Waals surface area contributed by atoms with E-state index < -0.39 is 9.84 Å². The second-order valence-corrected chi connectivity index (χ2v) is 10.7. The lowest BCUT2D eigenvalue weighted by Gasteiger charge is -2.20. The number of hydrogen-bond donors (Lipinski definition) is 0. The SMILES string of the molecule is CCc1cccc2sc(N(Cc3ccccc3)C(=O)Cc3ccc(S(C)(=O)=O)cc3)nc12. The standard InChI is InChI=1S/C25H24N2O3S2/c1-3-20-10-7-11-22-24(20)26-25(31-22)27(17-19-8-5-4-6-9-19)23(28)16-18-12-14-21(15-13-18)32(2,29)30/h4-15H,3,16-17H2,1-2H3. The topological polar surface area (TPSA) is 67.3 Å². The summed E-state index contributed by atoms with van der Waals surface area (Å²) >= 11 is 1.51. The molecule has 32 heavy (non-hydrogen) atoms. The van der Waals surface area contributed by atoms with Crippen molar-refractivity contribution in [1.29, 1.82) is 0 Å². The summed E-state index contributed by atoms with van der Waals surface area (Å²) in [4.78, 5) is 20.2. The van der Waals surface area contributed by atoms with Gasteiger partial charge in [-0.25, -0.2) is 13.4 Å². The number of aromatic nitrogens is 1. The lowest BCUT2D eigenvalue weighted by atomic mass is 10.1. The van der Waals surface area contributed by atoms with Crippen LogP contribution in [0.4, 0.5) is 5.13 Å². The number of amides is 1. The highest BCUT2D eigenvalue weighted by Crippen LogP contribution is 2.32. The molecule has 0 unspecified atom stereocenters. The Bertz CT molecular complexity index is 1350. The van der Waals surface area contributed by atoms with Crippen molar-refractivity contribution in [2.45, 2.75) is 31.2 Å². The van der Waals surface area contributed by atoms with E-state index in [0.29, 0.717) is 11.7 Å². The van der Waals surface area contributed by atoms with Crippen molar-refractivity contribution in [3.8, 4) is 0 Å². The van der Waals surface area contributed by atoms with Crippen molar-refractivity contribution in [1.82, 2.24) is 4.98 Å². The highest BCUT2D eigenvalue weighted by atomic mass is 32.2. The van der Waals surface area contributed by atoms with E-state index in [0.717, 1.165) is 33.3 Å². The number of rotatable bonds is 7. The molecule has 1 aromatic heterocycles. The fourth-order valence-corrected chi connectivity index (χ4v) is 5.21. The van der Waals surface area contributed by atoms with Crippen molar-refractivity contribution in [2.24, 2.45) is 0 Å². The quantitative estimate of drug-likeness (QED) is 0.384. The van der Waals surface area contributed by atoms with Gasteiger partial charge < -0.3 is 0 Å². The number of aryl methyl sites for hydroxylation is 1. The Morgan fingerprint density at radius 1 is 0.938 bits per heavy atom. The van der Waals surface area contributed by atoms with Crippen LogP contribution in [0.15, 0.2) is 77.7 Å². The van der Waals surface area contributed by atoms with Gasteiger partial charge in [0, 0.05) is 6.26 Å². The van der Waals surface area contributed by atoms with Gasteiger partial charge in [0.2, 0.25) is 5.91 Å². The highest BCUT2D eigenvalue weighted by Gasteiger charge is 2.21. The van der Waals surface area contributed by atoms with Gasteiger partial charge in [0.15, 0.2) is 15.0 Å². The van der Waals surface area contributed by atoms with Crippen LogP contribution in [-0.4, -0.2) is 25.6 Å². The van der Waals surface area contributed by atoms with Crippen LogP contribution in [-0.2, 0) is 34.0 Å². The lowest BCUT2D eigenvalue weighted by Crippen LogP contribution is -2.31. The van der Waals surface area contributed by atoms with Gasteiger partial charge in [0.1, 0.15) is 0 Å². The fourth-order valence-electron chi connectivity index (χ4n) is 3.55. The van der Waals surface area contributed by atoms with Gasteiger partial charge in [-0.2, -0.15) is 0 Å². The number of thiazole rings is 1. The van der Waals surface area contributed by atoms with Gasteiger partial charge in [-0.3, -0.25) is 9.69 Å². The molecule has 0 radical (unpaired) electrons. The molecule has 0 aliphatic carbocycles. The molecule has 0 fully saturated rings. The van der Waals surface area contributed by atoms with Crippen LogP contribution in [0.3, 0.4) is 0 Å². The summed E-state index contributed by atoms with van der Waals surface area (Å²) in [5, 5.41) is 0.669. The third-order valence-electron chi connectivity index (χ3n) is 5.29. The summed E-state index contributed by atoms with van der Waals surface area (Å²) < 4.78 is 24.5. The lowest BCUT2D eigenvalue weighted by molar-refractivity contribution is -0.118. The van der Waals surface area contributed by atoms with Gasteiger partial charge in [-0.05, 0) is 41.3 Å². The zero-order chi connectivity index (χ0) is 22.7. The second-order valence-electron chi connectivity index (χ2n) is 7.67. The number of carbonyl (C=O) groups is 1. The van der Waals surface area contributed by atoms with E-state index in [1.165, 1.54) is 17.6 Å². The molecule has 1 heterocycles.